The Balaban J connectivity index is 2.35. The fourth-order valence-electron chi connectivity index (χ4n) is 1.11. The van der Waals surface area contributed by atoms with Gasteiger partial charge in [0.1, 0.15) is 0 Å². The molecule has 0 aliphatic heterocycles. The Hall–Kier alpha value is -0.540. The van der Waals surface area contributed by atoms with E-state index in [1.165, 1.54) is 0 Å². The molecule has 1 aromatic heterocycles. The van der Waals surface area contributed by atoms with Crippen molar-refractivity contribution in [3.8, 4) is 0 Å². The van der Waals surface area contributed by atoms with E-state index in [1.54, 1.807) is 11.3 Å². The van der Waals surface area contributed by atoms with Crippen LogP contribution < -0.4 is 5.32 Å². The van der Waals surface area contributed by atoms with Gasteiger partial charge in [0.05, 0.1) is 6.42 Å². The first-order valence-corrected chi connectivity index (χ1v) is 6.10. The van der Waals surface area contributed by atoms with Crippen LogP contribution in [0, 0.1) is 0 Å². The summed E-state index contributed by atoms with van der Waals surface area (Å²) in [5, 5.41) is 6.85. The minimum absolute atomic E-state index is 0.0518. The Morgan fingerprint density at radius 3 is 3.00 bits per heavy atom. The molecule has 0 aliphatic carbocycles. The average molecular weight is 232 g/mol. The van der Waals surface area contributed by atoms with Gasteiger partial charge < -0.3 is 5.32 Å². The van der Waals surface area contributed by atoms with Crippen LogP contribution >= 0.6 is 22.9 Å². The first-order valence-electron chi connectivity index (χ1n) is 4.62. The Morgan fingerprint density at radius 1 is 1.71 bits per heavy atom. The molecule has 0 spiro atoms. The summed E-state index contributed by atoms with van der Waals surface area (Å²) in [6.45, 7) is 2.01. The molecule has 1 unspecified atom stereocenters. The van der Waals surface area contributed by atoms with Gasteiger partial charge in [-0.25, -0.2) is 0 Å². The highest BCUT2D eigenvalue weighted by atomic mass is 35.5. The lowest BCUT2D eigenvalue weighted by Gasteiger charge is -2.12. The van der Waals surface area contributed by atoms with Gasteiger partial charge in [0.15, 0.2) is 0 Å². The maximum Gasteiger partial charge on any atom is 0.224 e. The molecule has 2 nitrogen and oxygen atoms in total. The quantitative estimate of drug-likeness (QED) is 0.775. The predicted molar refractivity (Wildman–Crippen MR) is 61.0 cm³/mol. The van der Waals surface area contributed by atoms with Crippen LogP contribution in [0.1, 0.15) is 18.9 Å². The molecule has 0 saturated heterocycles. The molecule has 0 fully saturated rings. The van der Waals surface area contributed by atoms with Gasteiger partial charge in [-0.2, -0.15) is 11.3 Å². The number of halogens is 1. The summed E-state index contributed by atoms with van der Waals surface area (Å²) in [6, 6.07) is 2.06. The first kappa shape index (κ1) is 11.5. The van der Waals surface area contributed by atoms with E-state index in [0.717, 1.165) is 12.0 Å². The van der Waals surface area contributed by atoms with Crippen molar-refractivity contribution in [1.82, 2.24) is 5.32 Å². The summed E-state index contributed by atoms with van der Waals surface area (Å²) in [6.07, 6.45) is 1.33. The van der Waals surface area contributed by atoms with Crippen LogP contribution in [0.4, 0.5) is 0 Å². The summed E-state index contributed by atoms with van der Waals surface area (Å²) < 4.78 is 0. The number of hydrogen-bond acceptors (Lipinski definition) is 2. The molecule has 1 atom stereocenters. The molecule has 14 heavy (non-hydrogen) atoms. The number of rotatable bonds is 5. The minimum Gasteiger partial charge on any atom is -0.352 e. The van der Waals surface area contributed by atoms with Crippen molar-refractivity contribution in [3.05, 3.63) is 22.4 Å². The first-order chi connectivity index (χ1) is 6.76. The lowest BCUT2D eigenvalue weighted by molar-refractivity contribution is -0.121. The van der Waals surface area contributed by atoms with Crippen LogP contribution in [-0.4, -0.2) is 17.8 Å². The zero-order valence-corrected chi connectivity index (χ0v) is 9.70. The summed E-state index contributed by atoms with van der Waals surface area (Å²) in [7, 11) is 0. The lowest BCUT2D eigenvalue weighted by atomic mass is 10.2. The normalized spacial score (nSPS) is 12.4. The van der Waals surface area contributed by atoms with Crippen molar-refractivity contribution in [2.24, 2.45) is 0 Å². The largest absolute Gasteiger partial charge is 0.352 e. The van der Waals surface area contributed by atoms with Crippen LogP contribution in [0.15, 0.2) is 16.8 Å². The monoisotopic (exact) mass is 231 g/mol. The lowest BCUT2D eigenvalue weighted by Crippen LogP contribution is -2.36. The Morgan fingerprint density at radius 2 is 2.50 bits per heavy atom. The van der Waals surface area contributed by atoms with Gasteiger partial charge in [-0.3, -0.25) is 4.79 Å². The number of hydrogen-bond donors (Lipinski definition) is 1. The van der Waals surface area contributed by atoms with E-state index in [0.29, 0.717) is 12.3 Å². The fraction of sp³-hybridized carbons (Fsp3) is 0.500. The van der Waals surface area contributed by atoms with Crippen molar-refractivity contribution in [2.75, 3.05) is 5.88 Å². The topological polar surface area (TPSA) is 29.1 Å². The third-order valence-electron chi connectivity index (χ3n) is 1.99. The van der Waals surface area contributed by atoms with Gasteiger partial charge >= 0.3 is 0 Å². The second kappa shape index (κ2) is 6.04. The summed E-state index contributed by atoms with van der Waals surface area (Å²) >= 11 is 7.29. The highest BCUT2D eigenvalue weighted by Crippen LogP contribution is 2.06. The average Bonchev–Trinajstić information content (AvgIpc) is 2.66. The molecule has 0 aliphatic rings. The van der Waals surface area contributed by atoms with Crippen molar-refractivity contribution in [2.45, 2.75) is 25.8 Å². The summed E-state index contributed by atoms with van der Waals surface area (Å²) in [5.74, 6) is 0.530. The maximum absolute atomic E-state index is 11.5. The summed E-state index contributed by atoms with van der Waals surface area (Å²) in [5.41, 5.74) is 1.07. The highest BCUT2D eigenvalue weighted by Gasteiger charge is 2.09. The molecule has 1 aromatic rings. The van der Waals surface area contributed by atoms with Crippen molar-refractivity contribution < 1.29 is 4.79 Å². The van der Waals surface area contributed by atoms with Gasteiger partial charge in [0.2, 0.25) is 5.91 Å². The smallest absolute Gasteiger partial charge is 0.224 e. The zero-order valence-electron chi connectivity index (χ0n) is 8.13. The van der Waals surface area contributed by atoms with E-state index < -0.39 is 0 Å². The number of carbonyl (C=O) groups excluding carboxylic acids is 1. The van der Waals surface area contributed by atoms with Gasteiger partial charge in [0, 0.05) is 11.9 Å². The zero-order chi connectivity index (χ0) is 10.4. The number of alkyl halides is 1. The molecule has 4 heteroatoms. The SMILES string of the molecule is CCC(CCl)NC(=O)Cc1ccsc1. The fourth-order valence-corrected chi connectivity index (χ4v) is 2.07. The van der Waals surface area contributed by atoms with Crippen LogP contribution in [0.3, 0.4) is 0 Å². The van der Waals surface area contributed by atoms with Crippen LogP contribution in [-0.2, 0) is 11.2 Å². The molecule has 0 saturated carbocycles. The Kier molecular flexibility index (Phi) is 4.98. The molecule has 1 heterocycles. The van der Waals surface area contributed by atoms with Gasteiger partial charge in [0.25, 0.3) is 0 Å². The molecule has 1 rings (SSSR count). The molecular weight excluding hydrogens is 218 g/mol. The number of nitrogens with one attached hydrogen (secondary N) is 1. The minimum atomic E-state index is 0.0518. The highest BCUT2D eigenvalue weighted by molar-refractivity contribution is 7.07. The molecule has 1 N–H and O–H groups in total. The van der Waals surface area contributed by atoms with Crippen LogP contribution in [0.2, 0.25) is 0 Å². The van der Waals surface area contributed by atoms with Gasteiger partial charge in [-0.05, 0) is 28.8 Å². The van der Waals surface area contributed by atoms with E-state index >= 15 is 0 Å². The van der Waals surface area contributed by atoms with E-state index in [2.05, 4.69) is 5.32 Å². The number of thiophene rings is 1. The third kappa shape index (κ3) is 3.68. The third-order valence-corrected chi connectivity index (χ3v) is 3.09. The maximum atomic E-state index is 11.5. The second-order valence-electron chi connectivity index (χ2n) is 3.14. The number of carbonyl (C=O) groups is 1. The molecule has 78 valence electrons. The molecular formula is C10H14ClNOS. The predicted octanol–water partition coefficient (Wildman–Crippen LogP) is 2.42. The van der Waals surface area contributed by atoms with E-state index in [9.17, 15) is 4.79 Å². The second-order valence-corrected chi connectivity index (χ2v) is 4.22. The van der Waals surface area contributed by atoms with Crippen LogP contribution in [0.5, 0.6) is 0 Å². The van der Waals surface area contributed by atoms with Crippen LogP contribution in [0.25, 0.3) is 0 Å². The van der Waals surface area contributed by atoms with E-state index in [1.807, 2.05) is 23.8 Å². The van der Waals surface area contributed by atoms with Crippen molar-refractivity contribution >= 4 is 28.8 Å². The molecule has 0 aromatic carbocycles. The standard InChI is InChI=1S/C10H14ClNOS/c1-2-9(6-11)12-10(13)5-8-3-4-14-7-8/h3-4,7,9H,2,5-6H2,1H3,(H,12,13). The Bertz CT molecular complexity index is 270. The van der Waals surface area contributed by atoms with E-state index in [4.69, 9.17) is 11.6 Å². The van der Waals surface area contributed by atoms with Gasteiger partial charge in [-0.1, -0.05) is 6.92 Å². The summed E-state index contributed by atoms with van der Waals surface area (Å²) in [4.78, 5) is 11.5. The molecule has 1 amide bonds. The number of amides is 1. The molecule has 0 bridgehead atoms. The molecule has 0 radical (unpaired) electrons. The van der Waals surface area contributed by atoms with E-state index in [-0.39, 0.29) is 11.9 Å². The Labute approximate surface area is 93.3 Å². The van der Waals surface area contributed by atoms with Crippen molar-refractivity contribution in [3.63, 3.8) is 0 Å². The van der Waals surface area contributed by atoms with Crippen molar-refractivity contribution in [1.29, 1.82) is 0 Å². The van der Waals surface area contributed by atoms with Gasteiger partial charge in [-0.15, -0.1) is 11.6 Å².